The molecule has 140 valence electrons. The van der Waals surface area contributed by atoms with Crippen molar-refractivity contribution in [3.63, 3.8) is 0 Å². The van der Waals surface area contributed by atoms with Crippen molar-refractivity contribution < 1.29 is 12.9 Å². The Morgan fingerprint density at radius 1 is 1.07 bits per heavy atom. The van der Waals surface area contributed by atoms with Crippen LogP contribution in [0.5, 0.6) is 0 Å². The largest absolute Gasteiger partial charge is 0.338 e. The minimum atomic E-state index is -3.43. The molecular weight excluding hydrogens is 384 g/mol. The molecule has 4 rings (SSSR count). The SMILES string of the molecule is O=S(=O)(c1ccc(SCc2nc(-c3ccccc3)no2)nc1)N1CCCC1. The molecule has 1 aliphatic heterocycles. The third kappa shape index (κ3) is 4.05. The number of pyridine rings is 1. The summed E-state index contributed by atoms with van der Waals surface area (Å²) in [5.74, 6) is 1.51. The molecular formula is C18H18N4O3S2. The monoisotopic (exact) mass is 402 g/mol. The summed E-state index contributed by atoms with van der Waals surface area (Å²) >= 11 is 1.42. The maximum Gasteiger partial charge on any atom is 0.244 e. The molecule has 0 radical (unpaired) electrons. The predicted octanol–water partition coefficient (Wildman–Crippen LogP) is 3.21. The molecule has 3 heterocycles. The molecule has 2 aromatic heterocycles. The van der Waals surface area contributed by atoms with Crippen molar-refractivity contribution >= 4 is 21.8 Å². The molecule has 0 saturated carbocycles. The van der Waals surface area contributed by atoms with Crippen LogP contribution in [0, 0.1) is 0 Å². The summed E-state index contributed by atoms with van der Waals surface area (Å²) in [6.45, 7) is 1.17. The molecule has 0 amide bonds. The van der Waals surface area contributed by atoms with E-state index in [1.807, 2.05) is 30.3 Å². The fourth-order valence-electron chi connectivity index (χ4n) is 2.84. The molecule has 1 saturated heterocycles. The first kappa shape index (κ1) is 18.1. The summed E-state index contributed by atoms with van der Waals surface area (Å²) in [6, 6.07) is 12.9. The average molecular weight is 403 g/mol. The number of rotatable bonds is 6. The van der Waals surface area contributed by atoms with Crippen LogP contribution in [-0.2, 0) is 15.8 Å². The number of aromatic nitrogens is 3. The van der Waals surface area contributed by atoms with Crippen LogP contribution in [0.2, 0.25) is 0 Å². The summed E-state index contributed by atoms with van der Waals surface area (Å²) in [5.41, 5.74) is 0.895. The van der Waals surface area contributed by atoms with Gasteiger partial charge in [0.05, 0.1) is 10.8 Å². The summed E-state index contributed by atoms with van der Waals surface area (Å²) < 4.78 is 31.8. The van der Waals surface area contributed by atoms with Gasteiger partial charge < -0.3 is 4.52 Å². The number of sulfonamides is 1. The fourth-order valence-corrected chi connectivity index (χ4v) is 4.98. The highest BCUT2D eigenvalue weighted by Gasteiger charge is 2.27. The fraction of sp³-hybridized carbons (Fsp3) is 0.278. The number of benzene rings is 1. The van der Waals surface area contributed by atoms with Crippen molar-refractivity contribution in [2.75, 3.05) is 13.1 Å². The zero-order valence-corrected chi connectivity index (χ0v) is 16.1. The first-order valence-electron chi connectivity index (χ1n) is 8.60. The van der Waals surface area contributed by atoms with Crippen molar-refractivity contribution in [2.24, 2.45) is 0 Å². The van der Waals surface area contributed by atoms with Gasteiger partial charge in [0, 0.05) is 24.8 Å². The Balaban J connectivity index is 1.40. The number of hydrogen-bond acceptors (Lipinski definition) is 7. The molecule has 3 aromatic rings. The number of thioether (sulfide) groups is 1. The smallest absolute Gasteiger partial charge is 0.244 e. The van der Waals surface area contributed by atoms with Crippen LogP contribution in [0.3, 0.4) is 0 Å². The van der Waals surface area contributed by atoms with E-state index in [1.54, 1.807) is 12.1 Å². The zero-order valence-electron chi connectivity index (χ0n) is 14.5. The van der Waals surface area contributed by atoms with Gasteiger partial charge in [-0.05, 0) is 25.0 Å². The molecule has 1 aromatic carbocycles. The molecule has 0 unspecified atom stereocenters. The minimum Gasteiger partial charge on any atom is -0.338 e. The topological polar surface area (TPSA) is 89.2 Å². The maximum absolute atomic E-state index is 12.5. The normalized spacial score (nSPS) is 15.3. The molecule has 27 heavy (non-hydrogen) atoms. The van der Waals surface area contributed by atoms with Crippen LogP contribution >= 0.6 is 11.8 Å². The van der Waals surface area contributed by atoms with Crippen molar-refractivity contribution in [3.8, 4) is 11.4 Å². The summed E-state index contributed by atoms with van der Waals surface area (Å²) in [7, 11) is -3.43. The third-order valence-corrected chi connectivity index (χ3v) is 7.07. The highest BCUT2D eigenvalue weighted by molar-refractivity contribution is 7.98. The van der Waals surface area contributed by atoms with Crippen molar-refractivity contribution in [1.29, 1.82) is 0 Å². The third-order valence-electron chi connectivity index (χ3n) is 4.26. The minimum absolute atomic E-state index is 0.234. The van der Waals surface area contributed by atoms with Crippen LogP contribution in [0.1, 0.15) is 18.7 Å². The highest BCUT2D eigenvalue weighted by Crippen LogP contribution is 2.25. The van der Waals surface area contributed by atoms with Crippen LogP contribution in [-0.4, -0.2) is 40.9 Å². The Morgan fingerprint density at radius 2 is 1.85 bits per heavy atom. The molecule has 1 aliphatic rings. The Bertz CT molecular complexity index is 999. The quantitative estimate of drug-likeness (QED) is 0.585. The summed E-state index contributed by atoms with van der Waals surface area (Å²) in [6.07, 6.45) is 3.24. The Kier molecular flexibility index (Phi) is 5.24. The van der Waals surface area contributed by atoms with E-state index in [0.717, 1.165) is 18.4 Å². The van der Waals surface area contributed by atoms with Crippen molar-refractivity contribution in [2.45, 2.75) is 28.5 Å². The van der Waals surface area contributed by atoms with Crippen molar-refractivity contribution in [1.82, 2.24) is 19.4 Å². The molecule has 1 fully saturated rings. The maximum atomic E-state index is 12.5. The van der Waals surface area contributed by atoms with Gasteiger partial charge in [0.15, 0.2) is 0 Å². The number of nitrogens with zero attached hydrogens (tertiary/aromatic N) is 4. The van der Waals surface area contributed by atoms with Gasteiger partial charge in [-0.3, -0.25) is 0 Å². The van der Waals surface area contributed by atoms with Gasteiger partial charge in [0.2, 0.25) is 21.7 Å². The first-order chi connectivity index (χ1) is 13.1. The molecule has 7 nitrogen and oxygen atoms in total. The van der Waals surface area contributed by atoms with Gasteiger partial charge in [-0.15, -0.1) is 0 Å². The Labute approximate surface area is 161 Å². The average Bonchev–Trinajstić information content (AvgIpc) is 3.40. The summed E-state index contributed by atoms with van der Waals surface area (Å²) in [5, 5.41) is 4.69. The van der Waals surface area contributed by atoms with Gasteiger partial charge in [0.1, 0.15) is 4.90 Å². The van der Waals surface area contributed by atoms with Crippen LogP contribution < -0.4 is 0 Å². The first-order valence-corrected chi connectivity index (χ1v) is 11.0. The van der Waals surface area contributed by atoms with Crippen LogP contribution in [0.25, 0.3) is 11.4 Å². The molecule has 0 spiro atoms. The lowest BCUT2D eigenvalue weighted by Crippen LogP contribution is -2.27. The van der Waals surface area contributed by atoms with Crippen LogP contribution in [0.4, 0.5) is 0 Å². The summed E-state index contributed by atoms with van der Waals surface area (Å²) in [4.78, 5) is 8.87. The van der Waals surface area contributed by atoms with Gasteiger partial charge in [-0.2, -0.15) is 9.29 Å². The van der Waals surface area contributed by atoms with E-state index in [0.29, 0.717) is 35.6 Å². The molecule has 0 N–H and O–H groups in total. The molecule has 0 aliphatic carbocycles. The standard InChI is InChI=1S/C18H18N4O3S2/c23-27(24,22-10-4-5-11-22)15-8-9-17(19-12-15)26-13-16-20-18(21-25-16)14-6-2-1-3-7-14/h1-3,6-9,12H,4-5,10-11,13H2. The van der Waals surface area contributed by atoms with E-state index in [1.165, 1.54) is 22.3 Å². The Morgan fingerprint density at radius 3 is 2.56 bits per heavy atom. The second-order valence-corrected chi connectivity index (χ2v) is 9.04. The van der Waals surface area contributed by atoms with Gasteiger partial charge in [-0.1, -0.05) is 47.3 Å². The predicted molar refractivity (Wildman–Crippen MR) is 102 cm³/mol. The lowest BCUT2D eigenvalue weighted by Gasteiger charge is -2.15. The molecule has 9 heteroatoms. The second kappa shape index (κ2) is 7.79. The molecule has 0 atom stereocenters. The van der Waals surface area contributed by atoms with E-state index in [2.05, 4.69) is 15.1 Å². The van der Waals surface area contributed by atoms with Gasteiger partial charge >= 0.3 is 0 Å². The lowest BCUT2D eigenvalue weighted by molar-refractivity contribution is 0.391. The lowest BCUT2D eigenvalue weighted by atomic mass is 10.2. The Hall–Kier alpha value is -2.23. The highest BCUT2D eigenvalue weighted by atomic mass is 32.2. The van der Waals surface area contributed by atoms with E-state index in [-0.39, 0.29) is 4.90 Å². The van der Waals surface area contributed by atoms with E-state index < -0.39 is 10.0 Å². The van der Waals surface area contributed by atoms with Gasteiger partial charge in [-0.25, -0.2) is 13.4 Å². The number of hydrogen-bond donors (Lipinski definition) is 0. The van der Waals surface area contributed by atoms with E-state index in [9.17, 15) is 8.42 Å². The van der Waals surface area contributed by atoms with E-state index >= 15 is 0 Å². The van der Waals surface area contributed by atoms with E-state index in [4.69, 9.17) is 4.52 Å². The zero-order chi connectivity index (χ0) is 18.7. The molecule has 0 bridgehead atoms. The van der Waals surface area contributed by atoms with Crippen LogP contribution in [0.15, 0.2) is 63.1 Å². The second-order valence-electron chi connectivity index (χ2n) is 6.11. The van der Waals surface area contributed by atoms with Gasteiger partial charge in [0.25, 0.3) is 0 Å². The van der Waals surface area contributed by atoms with Crippen molar-refractivity contribution in [3.05, 3.63) is 54.6 Å².